The Morgan fingerprint density at radius 2 is 2.00 bits per heavy atom. The Morgan fingerprint density at radius 1 is 1.11 bits per heavy atom. The van der Waals surface area contributed by atoms with Crippen LogP contribution in [0.4, 0.5) is 5.69 Å². The fourth-order valence-electron chi connectivity index (χ4n) is 3.26. The number of hydrogen-bond donors (Lipinski definition) is 1. The minimum Gasteiger partial charge on any atom is -0.454 e. The Hall–Kier alpha value is -3.87. The summed E-state index contributed by atoms with van der Waals surface area (Å²) in [4.78, 5) is 21.5. The number of fused-ring (bicyclic) bond motifs is 2. The van der Waals surface area contributed by atoms with Gasteiger partial charge in [0, 0.05) is 34.9 Å². The predicted octanol–water partition coefficient (Wildman–Crippen LogP) is 3.69. The third kappa shape index (κ3) is 2.73. The third-order valence-corrected chi connectivity index (χ3v) is 4.67. The van der Waals surface area contributed by atoms with Gasteiger partial charge < -0.3 is 14.8 Å². The zero-order chi connectivity index (χ0) is 19.1. The summed E-state index contributed by atoms with van der Waals surface area (Å²) < 4.78 is 12.6. The molecule has 5 rings (SSSR count). The summed E-state index contributed by atoms with van der Waals surface area (Å²) in [6.07, 6.45) is 3.65. The van der Waals surface area contributed by atoms with Crippen molar-refractivity contribution in [2.75, 3.05) is 12.1 Å². The average Bonchev–Trinajstić information content (AvgIpc) is 3.32. The monoisotopic (exact) mass is 372 g/mol. The van der Waals surface area contributed by atoms with Crippen molar-refractivity contribution in [3.8, 4) is 22.8 Å². The molecule has 1 N–H and O–H groups in total. The van der Waals surface area contributed by atoms with Crippen LogP contribution in [-0.2, 0) is 0 Å². The topological polar surface area (TPSA) is 77.8 Å². The van der Waals surface area contributed by atoms with E-state index in [9.17, 15) is 4.79 Å². The number of carbonyl (C=O) groups is 1. The van der Waals surface area contributed by atoms with Gasteiger partial charge in [0.25, 0.3) is 5.91 Å². The predicted molar refractivity (Wildman–Crippen MR) is 104 cm³/mol. The molecule has 28 heavy (non-hydrogen) atoms. The fraction of sp³-hybridized carbons (Fsp3) is 0.0952. The second-order valence-corrected chi connectivity index (χ2v) is 6.44. The molecule has 1 aliphatic heterocycles. The van der Waals surface area contributed by atoms with Gasteiger partial charge in [0.05, 0.1) is 5.69 Å². The van der Waals surface area contributed by atoms with Gasteiger partial charge in [0.2, 0.25) is 12.6 Å². The van der Waals surface area contributed by atoms with E-state index in [0.29, 0.717) is 28.5 Å². The second-order valence-electron chi connectivity index (χ2n) is 6.44. The lowest BCUT2D eigenvalue weighted by Gasteiger charge is -2.08. The van der Waals surface area contributed by atoms with Crippen LogP contribution >= 0.6 is 0 Å². The molecule has 4 aromatic rings. The molecule has 1 aliphatic rings. The first-order chi connectivity index (χ1) is 13.7. The molecule has 0 bridgehead atoms. The average molecular weight is 372 g/mol. The van der Waals surface area contributed by atoms with Gasteiger partial charge in [-0.3, -0.25) is 9.20 Å². The lowest BCUT2D eigenvalue weighted by atomic mass is 10.1. The van der Waals surface area contributed by atoms with Crippen LogP contribution in [0.5, 0.6) is 11.5 Å². The largest absolute Gasteiger partial charge is 0.454 e. The maximum Gasteiger partial charge on any atom is 0.255 e. The number of aryl methyl sites for hydroxylation is 1. The molecule has 0 unspecified atom stereocenters. The highest BCUT2D eigenvalue weighted by atomic mass is 16.7. The number of anilines is 1. The number of ether oxygens (including phenoxy) is 2. The highest BCUT2D eigenvalue weighted by Gasteiger charge is 2.17. The normalized spacial score (nSPS) is 12.3. The Balaban J connectivity index is 1.44. The SMILES string of the molecule is Cc1c(-c2cccc(NC(=O)c3ccc4c(c3)OCO4)c2)nc2ncccn12. The fourth-order valence-corrected chi connectivity index (χ4v) is 3.26. The number of aromatic nitrogens is 3. The minimum atomic E-state index is -0.219. The van der Waals surface area contributed by atoms with E-state index in [1.54, 1.807) is 24.4 Å². The van der Waals surface area contributed by atoms with Crippen LogP contribution in [0.2, 0.25) is 0 Å². The summed E-state index contributed by atoms with van der Waals surface area (Å²) in [7, 11) is 0. The molecule has 1 amide bonds. The van der Waals surface area contributed by atoms with Gasteiger partial charge in [-0.25, -0.2) is 9.97 Å². The molecule has 2 aromatic heterocycles. The van der Waals surface area contributed by atoms with E-state index in [2.05, 4.69) is 15.3 Å². The molecule has 0 spiro atoms. The minimum absolute atomic E-state index is 0.176. The zero-order valence-electron chi connectivity index (χ0n) is 15.0. The van der Waals surface area contributed by atoms with Crippen molar-refractivity contribution in [2.24, 2.45) is 0 Å². The van der Waals surface area contributed by atoms with Crippen LogP contribution in [0.1, 0.15) is 16.1 Å². The van der Waals surface area contributed by atoms with Gasteiger partial charge in [0.15, 0.2) is 11.5 Å². The highest BCUT2D eigenvalue weighted by molar-refractivity contribution is 6.05. The van der Waals surface area contributed by atoms with Crippen LogP contribution < -0.4 is 14.8 Å². The molecule has 0 atom stereocenters. The van der Waals surface area contributed by atoms with Gasteiger partial charge in [-0.2, -0.15) is 0 Å². The standard InChI is InChI=1S/C21H16N4O3/c1-13-19(24-21-22-8-3-9-25(13)21)14-4-2-5-16(10-14)23-20(26)15-6-7-17-18(11-15)28-12-27-17/h2-11H,12H2,1H3,(H,23,26). The number of rotatable bonds is 3. The van der Waals surface area contributed by atoms with Crippen LogP contribution in [0, 0.1) is 6.92 Å². The molecule has 0 fully saturated rings. The molecule has 138 valence electrons. The summed E-state index contributed by atoms with van der Waals surface area (Å²) >= 11 is 0. The molecule has 3 heterocycles. The number of imidazole rings is 1. The molecule has 7 nitrogen and oxygen atoms in total. The molecule has 0 saturated carbocycles. The molecule has 0 saturated heterocycles. The van der Waals surface area contributed by atoms with Crippen LogP contribution in [0.15, 0.2) is 60.9 Å². The van der Waals surface area contributed by atoms with Crippen LogP contribution in [-0.4, -0.2) is 27.1 Å². The molecule has 7 heteroatoms. The smallest absolute Gasteiger partial charge is 0.255 e. The first kappa shape index (κ1) is 16.3. The summed E-state index contributed by atoms with van der Waals surface area (Å²) in [6, 6.07) is 14.6. The number of nitrogens with zero attached hydrogens (tertiary/aromatic N) is 3. The van der Waals surface area contributed by atoms with E-state index >= 15 is 0 Å². The van der Waals surface area contributed by atoms with Crippen molar-refractivity contribution in [1.29, 1.82) is 0 Å². The quantitative estimate of drug-likeness (QED) is 0.593. The van der Waals surface area contributed by atoms with E-state index in [1.807, 2.05) is 47.9 Å². The van der Waals surface area contributed by atoms with E-state index in [-0.39, 0.29) is 12.7 Å². The van der Waals surface area contributed by atoms with Crippen molar-refractivity contribution in [3.05, 3.63) is 72.2 Å². The van der Waals surface area contributed by atoms with E-state index in [4.69, 9.17) is 9.47 Å². The highest BCUT2D eigenvalue weighted by Crippen LogP contribution is 2.33. The Bertz CT molecular complexity index is 1220. The van der Waals surface area contributed by atoms with Gasteiger partial charge in [-0.15, -0.1) is 0 Å². The first-order valence-electron chi connectivity index (χ1n) is 8.80. The molecular formula is C21H16N4O3. The summed E-state index contributed by atoms with van der Waals surface area (Å²) in [5.41, 5.74) is 3.92. The van der Waals surface area contributed by atoms with Gasteiger partial charge in [-0.05, 0) is 43.3 Å². The van der Waals surface area contributed by atoms with E-state index in [0.717, 1.165) is 17.0 Å². The number of amides is 1. The maximum atomic E-state index is 12.6. The summed E-state index contributed by atoms with van der Waals surface area (Å²) in [5, 5.41) is 2.93. The van der Waals surface area contributed by atoms with Crippen molar-refractivity contribution < 1.29 is 14.3 Å². The number of nitrogens with one attached hydrogen (secondary N) is 1. The van der Waals surface area contributed by atoms with Gasteiger partial charge in [-0.1, -0.05) is 12.1 Å². The first-order valence-corrected chi connectivity index (χ1v) is 8.80. The van der Waals surface area contributed by atoms with E-state index < -0.39 is 0 Å². The van der Waals surface area contributed by atoms with Crippen LogP contribution in [0.25, 0.3) is 17.0 Å². The molecule has 0 aliphatic carbocycles. The second kappa shape index (κ2) is 6.38. The van der Waals surface area contributed by atoms with Crippen molar-refractivity contribution in [1.82, 2.24) is 14.4 Å². The number of carbonyl (C=O) groups excluding carboxylic acids is 1. The van der Waals surface area contributed by atoms with E-state index in [1.165, 1.54) is 0 Å². The Morgan fingerprint density at radius 3 is 2.89 bits per heavy atom. The summed E-state index contributed by atoms with van der Waals surface area (Å²) in [5.74, 6) is 1.65. The number of hydrogen-bond acceptors (Lipinski definition) is 5. The van der Waals surface area contributed by atoms with Gasteiger partial charge in [0.1, 0.15) is 0 Å². The third-order valence-electron chi connectivity index (χ3n) is 4.67. The lowest BCUT2D eigenvalue weighted by Crippen LogP contribution is -2.11. The zero-order valence-corrected chi connectivity index (χ0v) is 15.0. The Labute approximate surface area is 160 Å². The van der Waals surface area contributed by atoms with Crippen molar-refractivity contribution in [2.45, 2.75) is 6.92 Å². The van der Waals surface area contributed by atoms with Gasteiger partial charge >= 0.3 is 0 Å². The Kier molecular flexibility index (Phi) is 3.72. The molecule has 0 radical (unpaired) electrons. The molecule has 2 aromatic carbocycles. The summed E-state index contributed by atoms with van der Waals surface area (Å²) in [6.45, 7) is 2.17. The lowest BCUT2D eigenvalue weighted by molar-refractivity contribution is 0.102. The van der Waals surface area contributed by atoms with Crippen LogP contribution in [0.3, 0.4) is 0 Å². The number of benzene rings is 2. The van der Waals surface area contributed by atoms with Crippen molar-refractivity contribution in [3.63, 3.8) is 0 Å². The van der Waals surface area contributed by atoms with Crippen molar-refractivity contribution >= 4 is 17.4 Å². The maximum absolute atomic E-state index is 12.6. The molecular weight excluding hydrogens is 356 g/mol.